The van der Waals surface area contributed by atoms with Gasteiger partial charge in [0, 0.05) is 12.7 Å². The van der Waals surface area contributed by atoms with E-state index in [4.69, 9.17) is 5.73 Å². The van der Waals surface area contributed by atoms with Crippen molar-refractivity contribution in [1.29, 1.82) is 0 Å². The highest BCUT2D eigenvalue weighted by Gasteiger charge is 2.40. The summed E-state index contributed by atoms with van der Waals surface area (Å²) >= 11 is 0. The maximum Gasteiger partial charge on any atom is 0.426 e. The summed E-state index contributed by atoms with van der Waals surface area (Å²) in [6.45, 7) is -0.613. The van der Waals surface area contributed by atoms with Crippen LogP contribution in [0.2, 0.25) is 0 Å². The van der Waals surface area contributed by atoms with Gasteiger partial charge in [-0.15, -0.1) is 0 Å². The molecule has 1 heterocycles. The van der Waals surface area contributed by atoms with Crippen molar-refractivity contribution >= 4 is 0 Å². The molecule has 0 saturated carbocycles. The van der Waals surface area contributed by atoms with Crippen LogP contribution in [0.4, 0.5) is 13.2 Å². The number of ether oxygens (including phenoxy) is 1. The Morgan fingerprint density at radius 3 is 2.64 bits per heavy atom. The van der Waals surface area contributed by atoms with Gasteiger partial charge in [-0.1, -0.05) is 0 Å². The molecule has 1 aromatic heterocycles. The van der Waals surface area contributed by atoms with Gasteiger partial charge in [0.25, 0.3) is 0 Å². The van der Waals surface area contributed by atoms with E-state index >= 15 is 0 Å². The lowest BCUT2D eigenvalue weighted by molar-refractivity contribution is -0.191. The summed E-state index contributed by atoms with van der Waals surface area (Å²) in [6.07, 6.45) is -3.79. The molecular formula is C8H9F3N2O. The van der Waals surface area contributed by atoms with Gasteiger partial charge in [-0.3, -0.25) is 4.98 Å². The smallest absolute Gasteiger partial charge is 0.426 e. The summed E-state index contributed by atoms with van der Waals surface area (Å²) in [5.41, 5.74) is 4.94. The predicted octanol–water partition coefficient (Wildman–Crippen LogP) is 1.35. The minimum Gasteiger partial charge on any atom is -0.478 e. The quantitative estimate of drug-likeness (QED) is 0.812. The highest BCUT2D eigenvalue weighted by atomic mass is 19.4. The Kier molecular flexibility index (Phi) is 3.29. The molecule has 0 fully saturated rings. The first-order valence-electron chi connectivity index (χ1n) is 3.87. The molecule has 0 radical (unpaired) electrons. The Labute approximate surface area is 78.7 Å². The Bertz CT molecular complexity index is 276. The van der Waals surface area contributed by atoms with E-state index in [1.165, 1.54) is 24.5 Å². The van der Waals surface area contributed by atoms with Gasteiger partial charge in [-0.25, -0.2) is 0 Å². The number of nitrogens with zero attached hydrogens (tertiary/aromatic N) is 1. The topological polar surface area (TPSA) is 48.1 Å². The molecule has 0 aromatic carbocycles. The van der Waals surface area contributed by atoms with E-state index in [2.05, 4.69) is 9.72 Å². The van der Waals surface area contributed by atoms with Crippen molar-refractivity contribution in [2.45, 2.75) is 12.3 Å². The largest absolute Gasteiger partial charge is 0.478 e. The third-order valence-corrected chi connectivity index (χ3v) is 1.49. The summed E-state index contributed by atoms with van der Waals surface area (Å²) in [7, 11) is 0. The van der Waals surface area contributed by atoms with Crippen molar-refractivity contribution in [3.63, 3.8) is 0 Å². The molecule has 0 aliphatic carbocycles. The monoisotopic (exact) mass is 206 g/mol. The maximum absolute atomic E-state index is 12.2. The normalized spacial score (nSPS) is 13.7. The van der Waals surface area contributed by atoms with E-state index in [1.54, 1.807) is 0 Å². The molecule has 78 valence electrons. The molecule has 0 amide bonds. The lowest BCUT2D eigenvalue weighted by Gasteiger charge is -2.19. The number of nitrogens with two attached hydrogens (primary N) is 1. The third-order valence-electron chi connectivity index (χ3n) is 1.49. The summed E-state index contributed by atoms with van der Waals surface area (Å²) < 4.78 is 41.2. The van der Waals surface area contributed by atoms with Crippen LogP contribution in [-0.4, -0.2) is 23.8 Å². The molecule has 0 aliphatic rings. The minimum atomic E-state index is -4.45. The van der Waals surface area contributed by atoms with Gasteiger partial charge in [-0.05, 0) is 12.1 Å². The second kappa shape index (κ2) is 4.28. The Morgan fingerprint density at radius 1 is 1.50 bits per heavy atom. The molecule has 1 aromatic rings. The molecule has 1 unspecified atom stereocenters. The molecule has 14 heavy (non-hydrogen) atoms. The number of pyridine rings is 1. The van der Waals surface area contributed by atoms with Crippen molar-refractivity contribution in [3.05, 3.63) is 24.5 Å². The summed E-state index contributed by atoms with van der Waals surface area (Å²) in [5.74, 6) is 0.0558. The van der Waals surface area contributed by atoms with Gasteiger partial charge in [0.15, 0.2) is 0 Å². The van der Waals surface area contributed by atoms with Crippen LogP contribution in [0.5, 0.6) is 5.75 Å². The first-order chi connectivity index (χ1) is 6.54. The van der Waals surface area contributed by atoms with Gasteiger partial charge in [0.2, 0.25) is 6.10 Å². The third kappa shape index (κ3) is 2.88. The van der Waals surface area contributed by atoms with E-state index in [0.717, 1.165) is 0 Å². The van der Waals surface area contributed by atoms with E-state index in [1.807, 2.05) is 0 Å². The number of aromatic nitrogens is 1. The second-order valence-electron chi connectivity index (χ2n) is 2.57. The highest BCUT2D eigenvalue weighted by Crippen LogP contribution is 2.23. The van der Waals surface area contributed by atoms with Crippen molar-refractivity contribution in [1.82, 2.24) is 4.98 Å². The Morgan fingerprint density at radius 2 is 2.21 bits per heavy atom. The van der Waals surface area contributed by atoms with Crippen molar-refractivity contribution in [3.8, 4) is 5.75 Å². The molecule has 0 aliphatic heterocycles. The highest BCUT2D eigenvalue weighted by molar-refractivity contribution is 5.16. The second-order valence-corrected chi connectivity index (χ2v) is 2.57. The molecule has 1 atom stereocenters. The lowest BCUT2D eigenvalue weighted by Crippen LogP contribution is -2.40. The van der Waals surface area contributed by atoms with Gasteiger partial charge in [-0.2, -0.15) is 13.2 Å². The number of halogens is 3. The van der Waals surface area contributed by atoms with Crippen molar-refractivity contribution < 1.29 is 17.9 Å². The van der Waals surface area contributed by atoms with Crippen LogP contribution in [0.1, 0.15) is 0 Å². The fourth-order valence-electron chi connectivity index (χ4n) is 0.830. The Balaban J connectivity index is 2.67. The summed E-state index contributed by atoms with van der Waals surface area (Å²) in [4.78, 5) is 3.62. The van der Waals surface area contributed by atoms with Crippen LogP contribution in [0, 0.1) is 0 Å². The molecular weight excluding hydrogens is 197 g/mol. The van der Waals surface area contributed by atoms with E-state index in [-0.39, 0.29) is 5.75 Å². The van der Waals surface area contributed by atoms with Gasteiger partial charge >= 0.3 is 6.18 Å². The van der Waals surface area contributed by atoms with Crippen LogP contribution in [-0.2, 0) is 0 Å². The van der Waals surface area contributed by atoms with Gasteiger partial charge in [0.1, 0.15) is 5.75 Å². The zero-order chi connectivity index (χ0) is 10.6. The fourth-order valence-corrected chi connectivity index (χ4v) is 0.830. The minimum absolute atomic E-state index is 0.0558. The average Bonchev–Trinajstić information content (AvgIpc) is 2.14. The molecule has 2 N–H and O–H groups in total. The zero-order valence-corrected chi connectivity index (χ0v) is 7.16. The summed E-state index contributed by atoms with van der Waals surface area (Å²) in [6, 6.07) is 2.88. The lowest BCUT2D eigenvalue weighted by atomic mass is 10.3. The van der Waals surface area contributed by atoms with Crippen LogP contribution < -0.4 is 10.5 Å². The first kappa shape index (κ1) is 10.8. The van der Waals surface area contributed by atoms with Crippen LogP contribution in [0.25, 0.3) is 0 Å². The number of alkyl halides is 3. The Hall–Kier alpha value is -1.30. The molecule has 0 bridgehead atoms. The molecule has 1 rings (SSSR count). The first-order valence-corrected chi connectivity index (χ1v) is 3.87. The molecule has 3 nitrogen and oxygen atoms in total. The standard InChI is InChI=1S/C8H9F3N2O/c9-8(10,11)7(4-12)14-6-2-1-3-13-5-6/h1-3,5,7H,4,12H2. The average molecular weight is 206 g/mol. The zero-order valence-electron chi connectivity index (χ0n) is 7.16. The maximum atomic E-state index is 12.2. The van der Waals surface area contributed by atoms with Crippen molar-refractivity contribution in [2.24, 2.45) is 5.73 Å². The summed E-state index contributed by atoms with van der Waals surface area (Å²) in [5, 5.41) is 0. The van der Waals surface area contributed by atoms with Crippen LogP contribution >= 0.6 is 0 Å². The number of hydrogen-bond donors (Lipinski definition) is 1. The van der Waals surface area contributed by atoms with Crippen LogP contribution in [0.15, 0.2) is 24.5 Å². The number of rotatable bonds is 3. The molecule has 6 heteroatoms. The van der Waals surface area contributed by atoms with E-state index < -0.39 is 18.8 Å². The predicted molar refractivity (Wildman–Crippen MR) is 43.8 cm³/mol. The number of hydrogen-bond acceptors (Lipinski definition) is 3. The SMILES string of the molecule is NCC(Oc1cccnc1)C(F)(F)F. The molecule has 0 saturated heterocycles. The van der Waals surface area contributed by atoms with Gasteiger partial charge in [0.05, 0.1) is 6.20 Å². The fraction of sp³-hybridized carbons (Fsp3) is 0.375. The van der Waals surface area contributed by atoms with Crippen LogP contribution in [0.3, 0.4) is 0 Å². The van der Waals surface area contributed by atoms with Gasteiger partial charge < -0.3 is 10.5 Å². The van der Waals surface area contributed by atoms with Crippen molar-refractivity contribution in [2.75, 3.05) is 6.54 Å². The molecule has 0 spiro atoms. The van der Waals surface area contributed by atoms with E-state index in [0.29, 0.717) is 0 Å². The van der Waals surface area contributed by atoms with E-state index in [9.17, 15) is 13.2 Å².